The van der Waals surface area contributed by atoms with E-state index in [1.165, 1.54) is 27.2 Å². The first-order chi connectivity index (χ1) is 17.7. The van der Waals surface area contributed by atoms with Crippen molar-refractivity contribution in [3.05, 3.63) is 34.2 Å². The number of benzene rings is 1. The van der Waals surface area contributed by atoms with Crippen molar-refractivity contribution in [2.75, 3.05) is 39.8 Å². The van der Waals surface area contributed by atoms with Gasteiger partial charge >= 0.3 is 0 Å². The maximum atomic E-state index is 13.5. The Kier molecular flexibility index (Phi) is 4.95. The molecule has 33 heavy (non-hydrogen) atoms. The number of aryl methyl sites for hydroxylation is 2. The van der Waals surface area contributed by atoms with Crippen molar-refractivity contribution < 1.29 is 20.0 Å². The lowest BCUT2D eigenvalue weighted by atomic mass is 10.1. The molecule has 1 aliphatic heterocycles. The Morgan fingerprint density at radius 2 is 2.00 bits per heavy atom. The molecule has 0 unspecified atom stereocenters. The molecule has 0 saturated carbocycles. The van der Waals surface area contributed by atoms with Crippen LogP contribution in [0, 0.1) is 0 Å². The number of aromatic amines is 1. The van der Waals surface area contributed by atoms with Crippen LogP contribution in [0.25, 0.3) is 22.4 Å². The summed E-state index contributed by atoms with van der Waals surface area (Å²) in [6.07, 6.45) is 1.28. The lowest BCUT2D eigenvalue weighted by molar-refractivity contribution is 0.222. The molecule has 0 aliphatic carbocycles. The first-order valence-corrected chi connectivity index (χ1v) is 12.1. The quantitative estimate of drug-likeness (QED) is 0.548. The van der Waals surface area contributed by atoms with E-state index in [9.17, 15) is 13.2 Å². The highest BCUT2D eigenvalue weighted by molar-refractivity contribution is 7.89. The molecular formula is C22H30N6O4S. The molecule has 178 valence electrons. The molecule has 3 aromatic rings. The molecule has 10 nitrogen and oxygen atoms in total. The minimum Gasteiger partial charge on any atom is -0.493 e. The van der Waals surface area contributed by atoms with Crippen LogP contribution in [-0.4, -0.2) is 77.2 Å². The third kappa shape index (κ3) is 4.40. The van der Waals surface area contributed by atoms with Crippen LogP contribution in [0.4, 0.5) is 0 Å². The number of sulfonamides is 1. The summed E-state index contributed by atoms with van der Waals surface area (Å²) in [6, 6.07) is 3.63. The van der Waals surface area contributed by atoms with Gasteiger partial charge < -0.3 is 14.6 Å². The number of piperazine rings is 1. The van der Waals surface area contributed by atoms with Crippen molar-refractivity contribution in [3.63, 3.8) is 0 Å². The SMILES string of the molecule is [2H]C([2H])([2H])C([2H])([2H])Oc1ccc(S(=O)(=O)N2CCN(C)CC2)cc1-c1nc2c(CCC)nn(C)c2c(=O)[nH]1. The second-order valence-corrected chi connectivity index (χ2v) is 9.94. The molecule has 1 saturated heterocycles. The third-order valence-electron chi connectivity index (χ3n) is 5.72. The van der Waals surface area contributed by atoms with E-state index in [-0.39, 0.29) is 40.6 Å². The van der Waals surface area contributed by atoms with E-state index in [1.807, 2.05) is 18.9 Å². The monoisotopic (exact) mass is 479 g/mol. The molecule has 0 amide bonds. The number of nitrogens with zero attached hydrogens (tertiary/aromatic N) is 5. The Balaban J connectivity index is 1.91. The van der Waals surface area contributed by atoms with Crippen LogP contribution in [0.2, 0.25) is 0 Å². The number of H-pyrrole nitrogens is 1. The number of aromatic nitrogens is 4. The summed E-state index contributed by atoms with van der Waals surface area (Å²) in [4.78, 5) is 22.1. The zero-order valence-corrected chi connectivity index (χ0v) is 19.6. The Morgan fingerprint density at radius 3 is 2.70 bits per heavy atom. The molecule has 0 bridgehead atoms. The summed E-state index contributed by atoms with van der Waals surface area (Å²) < 4.78 is 73.4. The average molecular weight is 480 g/mol. The fraction of sp³-hybridized carbons (Fsp3) is 0.500. The van der Waals surface area contributed by atoms with Crippen LogP contribution in [0.15, 0.2) is 27.9 Å². The lowest BCUT2D eigenvalue weighted by Crippen LogP contribution is -2.47. The predicted octanol–water partition coefficient (Wildman–Crippen LogP) is 1.61. The number of hydrogen-bond donors (Lipinski definition) is 1. The summed E-state index contributed by atoms with van der Waals surface area (Å²) in [5, 5.41) is 4.38. The molecule has 0 atom stereocenters. The van der Waals surface area contributed by atoms with E-state index in [0.717, 1.165) is 6.42 Å². The minimum absolute atomic E-state index is 0.0707. The first kappa shape index (κ1) is 17.7. The van der Waals surface area contributed by atoms with Gasteiger partial charge in [0, 0.05) is 37.3 Å². The molecule has 3 heterocycles. The van der Waals surface area contributed by atoms with Gasteiger partial charge in [-0.15, -0.1) is 0 Å². The zero-order valence-electron chi connectivity index (χ0n) is 23.8. The van der Waals surface area contributed by atoms with Gasteiger partial charge in [0.2, 0.25) is 10.0 Å². The van der Waals surface area contributed by atoms with Gasteiger partial charge in [-0.05, 0) is 38.5 Å². The van der Waals surface area contributed by atoms with Crippen LogP contribution in [-0.2, 0) is 23.5 Å². The predicted molar refractivity (Wildman–Crippen MR) is 126 cm³/mol. The van der Waals surface area contributed by atoms with Gasteiger partial charge in [0.05, 0.1) is 25.5 Å². The van der Waals surface area contributed by atoms with Gasteiger partial charge in [-0.2, -0.15) is 9.40 Å². The normalized spacial score (nSPS) is 18.9. The molecule has 0 spiro atoms. The van der Waals surface area contributed by atoms with Crippen molar-refractivity contribution in [1.82, 2.24) is 29.0 Å². The van der Waals surface area contributed by atoms with E-state index < -0.39 is 29.0 Å². The van der Waals surface area contributed by atoms with Crippen molar-refractivity contribution in [2.45, 2.75) is 31.5 Å². The maximum absolute atomic E-state index is 13.5. The van der Waals surface area contributed by atoms with Crippen LogP contribution in [0.3, 0.4) is 0 Å². The molecule has 2 aromatic heterocycles. The fourth-order valence-electron chi connectivity index (χ4n) is 3.96. The van der Waals surface area contributed by atoms with E-state index in [2.05, 4.69) is 15.1 Å². The van der Waals surface area contributed by atoms with Gasteiger partial charge in [0.25, 0.3) is 5.56 Å². The topological polar surface area (TPSA) is 113 Å². The Bertz CT molecular complexity index is 1510. The summed E-state index contributed by atoms with van der Waals surface area (Å²) in [5.41, 5.74) is 0.487. The molecule has 1 aliphatic rings. The summed E-state index contributed by atoms with van der Waals surface area (Å²) in [5.74, 6) is -0.383. The molecule has 4 rings (SSSR count). The van der Waals surface area contributed by atoms with Crippen molar-refractivity contribution in [2.24, 2.45) is 7.05 Å². The van der Waals surface area contributed by atoms with Crippen molar-refractivity contribution in [3.8, 4) is 17.1 Å². The smallest absolute Gasteiger partial charge is 0.277 e. The van der Waals surface area contributed by atoms with Crippen molar-refractivity contribution >= 4 is 21.1 Å². The largest absolute Gasteiger partial charge is 0.493 e. The standard InChI is InChI=1S/C22H30N6O4S/c1-5-7-17-19-20(27(4)25-17)22(29)24-21(23-19)16-14-15(8-9-18(16)32-6-2)33(30,31)28-12-10-26(3)11-13-28/h8-9,14H,5-7,10-13H2,1-4H3,(H,23,24,29)/i2D3,6D2. The second kappa shape index (κ2) is 9.24. The van der Waals surface area contributed by atoms with E-state index in [4.69, 9.17) is 11.6 Å². The highest BCUT2D eigenvalue weighted by Gasteiger charge is 2.29. The minimum atomic E-state index is -3.96. The number of fused-ring (bicyclic) bond motifs is 1. The Morgan fingerprint density at radius 1 is 1.24 bits per heavy atom. The summed E-state index contributed by atoms with van der Waals surface area (Å²) >= 11 is 0. The first-order valence-electron chi connectivity index (χ1n) is 13.1. The number of likely N-dealkylation sites (N-methyl/N-ethyl adjacent to an activating group) is 1. The number of hydrogen-bond acceptors (Lipinski definition) is 7. The summed E-state index contributed by atoms with van der Waals surface area (Å²) in [6.45, 7) is -2.62. The second-order valence-electron chi connectivity index (χ2n) is 8.00. The number of ether oxygens (including phenoxy) is 1. The van der Waals surface area contributed by atoms with Gasteiger partial charge in [-0.25, -0.2) is 13.4 Å². The van der Waals surface area contributed by atoms with Gasteiger partial charge in [-0.3, -0.25) is 9.48 Å². The fourth-order valence-corrected chi connectivity index (χ4v) is 5.40. The van der Waals surface area contributed by atoms with Crippen LogP contribution >= 0.6 is 0 Å². The highest BCUT2D eigenvalue weighted by Crippen LogP contribution is 2.32. The van der Waals surface area contributed by atoms with E-state index >= 15 is 0 Å². The molecule has 11 heteroatoms. The molecule has 1 aromatic carbocycles. The average Bonchev–Trinajstić information content (AvgIpc) is 3.14. The van der Waals surface area contributed by atoms with Crippen molar-refractivity contribution in [1.29, 1.82) is 0 Å². The third-order valence-corrected chi connectivity index (χ3v) is 7.61. The molecule has 1 N–H and O–H groups in total. The molecular weight excluding hydrogens is 444 g/mol. The summed E-state index contributed by atoms with van der Waals surface area (Å²) in [7, 11) is -0.449. The zero-order chi connectivity index (χ0) is 28.0. The van der Waals surface area contributed by atoms with Gasteiger partial charge in [-0.1, -0.05) is 13.3 Å². The van der Waals surface area contributed by atoms with Crippen LogP contribution in [0.1, 0.15) is 32.7 Å². The van der Waals surface area contributed by atoms with E-state index in [1.54, 1.807) is 7.05 Å². The van der Waals surface area contributed by atoms with Crippen LogP contribution in [0.5, 0.6) is 5.75 Å². The van der Waals surface area contributed by atoms with E-state index in [0.29, 0.717) is 30.7 Å². The van der Waals surface area contributed by atoms with Crippen LogP contribution < -0.4 is 10.3 Å². The Labute approximate surface area is 200 Å². The molecule has 0 radical (unpaired) electrons. The lowest BCUT2D eigenvalue weighted by Gasteiger charge is -2.31. The highest BCUT2D eigenvalue weighted by atomic mass is 32.2. The number of nitrogens with one attached hydrogen (secondary N) is 1. The Hall–Kier alpha value is -2.76. The molecule has 1 fully saturated rings. The van der Waals surface area contributed by atoms with Gasteiger partial charge in [0.1, 0.15) is 17.1 Å². The number of rotatable bonds is 7. The maximum Gasteiger partial charge on any atom is 0.277 e. The van der Waals surface area contributed by atoms with Gasteiger partial charge in [0.15, 0.2) is 5.52 Å².